The molecule has 0 saturated heterocycles. The van der Waals surface area contributed by atoms with Gasteiger partial charge in [0.1, 0.15) is 17.2 Å². The molecule has 0 amide bonds. The fourth-order valence-corrected chi connectivity index (χ4v) is 1.95. The first-order valence-electron chi connectivity index (χ1n) is 5.99. The van der Waals surface area contributed by atoms with Gasteiger partial charge in [-0.2, -0.15) is 0 Å². The number of hydrogen-bond acceptors (Lipinski definition) is 6. The summed E-state index contributed by atoms with van der Waals surface area (Å²) in [6.45, 7) is 0.00202. The van der Waals surface area contributed by atoms with Gasteiger partial charge in [-0.3, -0.25) is 9.59 Å². The second-order valence-corrected chi connectivity index (χ2v) is 4.23. The Morgan fingerprint density at radius 2 is 1.73 bits per heavy atom. The summed E-state index contributed by atoms with van der Waals surface area (Å²) >= 11 is 0. The quantitative estimate of drug-likeness (QED) is 0.566. The minimum Gasteiger partial charge on any atom is -0.508 e. The van der Waals surface area contributed by atoms with Gasteiger partial charge in [-0.1, -0.05) is 12.1 Å². The molecule has 22 heavy (non-hydrogen) atoms. The molecule has 0 aliphatic carbocycles. The zero-order valence-corrected chi connectivity index (χ0v) is 11.0. The first-order valence-corrected chi connectivity index (χ1v) is 5.99. The van der Waals surface area contributed by atoms with Crippen molar-refractivity contribution in [1.29, 1.82) is 0 Å². The van der Waals surface area contributed by atoms with E-state index in [0.29, 0.717) is 0 Å². The highest BCUT2D eigenvalue weighted by molar-refractivity contribution is 6.17. The Labute approximate surface area is 124 Å². The van der Waals surface area contributed by atoms with Crippen LogP contribution in [-0.2, 0) is 4.79 Å². The lowest BCUT2D eigenvalue weighted by molar-refractivity contribution is -0.120. The molecule has 0 aliphatic heterocycles. The molecule has 0 heterocycles. The van der Waals surface area contributed by atoms with Crippen molar-refractivity contribution in [2.75, 3.05) is 0 Å². The van der Waals surface area contributed by atoms with Crippen molar-refractivity contribution in [3.8, 4) is 17.2 Å². The maximum Gasteiger partial charge on any atom is 0.336 e. The Hall–Kier alpha value is -3.35. The van der Waals surface area contributed by atoms with Crippen molar-refractivity contribution < 1.29 is 34.4 Å². The second-order valence-electron chi connectivity index (χ2n) is 4.23. The topological polar surface area (TPSA) is 121 Å². The minimum absolute atomic E-state index is 0.00202. The van der Waals surface area contributed by atoms with Gasteiger partial charge >= 0.3 is 5.97 Å². The molecule has 2 rings (SSSR count). The molecule has 0 fully saturated rings. The molecule has 0 saturated carbocycles. The largest absolute Gasteiger partial charge is 0.508 e. The Kier molecular flexibility index (Phi) is 4.08. The number of carboxylic acid groups (broad SMARTS) is 1. The van der Waals surface area contributed by atoms with Gasteiger partial charge in [0.15, 0.2) is 0 Å². The van der Waals surface area contributed by atoms with Crippen LogP contribution in [0.1, 0.15) is 26.3 Å². The third-order valence-electron chi connectivity index (χ3n) is 2.87. The van der Waals surface area contributed by atoms with Gasteiger partial charge < -0.3 is 20.1 Å². The summed E-state index contributed by atoms with van der Waals surface area (Å²) in [5, 5.41) is 28.4. The molecular weight excluding hydrogens is 292 g/mol. The zero-order chi connectivity index (χ0) is 16.3. The molecule has 2 aromatic carbocycles. The maximum absolute atomic E-state index is 12.5. The summed E-state index contributed by atoms with van der Waals surface area (Å²) < 4.78 is 4.58. The van der Waals surface area contributed by atoms with E-state index < -0.39 is 34.4 Å². The van der Waals surface area contributed by atoms with Crippen LogP contribution in [0.3, 0.4) is 0 Å². The Bertz CT molecular complexity index is 764. The number of aromatic carboxylic acids is 1. The maximum atomic E-state index is 12.5. The van der Waals surface area contributed by atoms with E-state index in [0.717, 1.165) is 12.1 Å². The molecule has 3 N–H and O–H groups in total. The number of phenols is 2. The lowest BCUT2D eigenvalue weighted by Gasteiger charge is -2.11. The van der Waals surface area contributed by atoms with Crippen LogP contribution < -0.4 is 4.74 Å². The zero-order valence-electron chi connectivity index (χ0n) is 11.0. The molecule has 0 atom stereocenters. The van der Waals surface area contributed by atoms with Gasteiger partial charge in [0.05, 0.1) is 16.7 Å². The lowest BCUT2D eigenvalue weighted by Crippen LogP contribution is -2.12. The molecule has 0 aliphatic rings. The lowest BCUT2D eigenvalue weighted by atomic mass is 9.96. The van der Waals surface area contributed by atoms with Crippen molar-refractivity contribution in [3.05, 3.63) is 53.1 Å². The van der Waals surface area contributed by atoms with Crippen LogP contribution in [0.15, 0.2) is 36.4 Å². The number of ether oxygens (including phenoxy) is 1. The molecule has 7 nitrogen and oxygen atoms in total. The van der Waals surface area contributed by atoms with Crippen molar-refractivity contribution in [2.24, 2.45) is 0 Å². The van der Waals surface area contributed by atoms with Gasteiger partial charge in [-0.15, -0.1) is 0 Å². The van der Waals surface area contributed by atoms with Gasteiger partial charge in [-0.25, -0.2) is 4.79 Å². The number of carbonyl (C=O) groups excluding carboxylic acids is 2. The third-order valence-corrected chi connectivity index (χ3v) is 2.87. The van der Waals surface area contributed by atoms with Crippen LogP contribution in [0.5, 0.6) is 17.2 Å². The normalized spacial score (nSPS) is 10.0. The first kappa shape index (κ1) is 15.0. The van der Waals surface area contributed by atoms with Crippen molar-refractivity contribution >= 4 is 18.2 Å². The van der Waals surface area contributed by atoms with E-state index >= 15 is 0 Å². The summed E-state index contributed by atoms with van der Waals surface area (Å²) in [5.41, 5.74) is -1.16. The van der Waals surface area contributed by atoms with Crippen LogP contribution >= 0.6 is 0 Å². The average Bonchev–Trinajstić information content (AvgIpc) is 2.46. The molecule has 0 radical (unpaired) electrons. The smallest absolute Gasteiger partial charge is 0.336 e. The standard InChI is InChI=1S/C15H10O7/c16-7-22-12-6-8(17)5-10(15(20)21)13(12)14(19)9-3-1-2-4-11(9)18/h1-7,17-18H,(H,20,21). The van der Waals surface area contributed by atoms with Gasteiger partial charge in [-0.05, 0) is 18.2 Å². The van der Waals surface area contributed by atoms with Crippen molar-refractivity contribution in [2.45, 2.75) is 0 Å². The number of aromatic hydroxyl groups is 2. The third kappa shape index (κ3) is 2.73. The molecule has 112 valence electrons. The van der Waals surface area contributed by atoms with Crippen LogP contribution in [0.4, 0.5) is 0 Å². The minimum atomic E-state index is -1.49. The van der Waals surface area contributed by atoms with E-state index in [4.69, 9.17) is 0 Å². The van der Waals surface area contributed by atoms with E-state index in [2.05, 4.69) is 4.74 Å². The van der Waals surface area contributed by atoms with E-state index in [9.17, 15) is 29.7 Å². The van der Waals surface area contributed by atoms with E-state index in [-0.39, 0.29) is 17.8 Å². The number of rotatable bonds is 5. The monoisotopic (exact) mass is 302 g/mol. The first-order chi connectivity index (χ1) is 10.5. The summed E-state index contributed by atoms with van der Waals surface area (Å²) in [4.78, 5) is 34.3. The molecule has 2 aromatic rings. The SMILES string of the molecule is O=COc1cc(O)cc(C(=O)O)c1C(=O)c1ccccc1O. The molecular formula is C15H10O7. The number of ketones is 1. The number of phenolic OH excluding ortho intramolecular Hbond substituents is 2. The van der Waals surface area contributed by atoms with Crippen LogP contribution in [0, 0.1) is 0 Å². The Morgan fingerprint density at radius 3 is 2.32 bits per heavy atom. The summed E-state index contributed by atoms with van der Waals surface area (Å²) in [5.74, 6) is -3.60. The Morgan fingerprint density at radius 1 is 1.05 bits per heavy atom. The number of benzene rings is 2. The average molecular weight is 302 g/mol. The van der Waals surface area contributed by atoms with Gasteiger partial charge in [0.25, 0.3) is 6.47 Å². The molecule has 0 bridgehead atoms. The van der Waals surface area contributed by atoms with E-state index in [1.807, 2.05) is 0 Å². The Balaban J connectivity index is 2.72. The fraction of sp³-hybridized carbons (Fsp3) is 0. The van der Waals surface area contributed by atoms with E-state index in [1.165, 1.54) is 24.3 Å². The number of carboxylic acids is 1. The highest BCUT2D eigenvalue weighted by atomic mass is 16.5. The highest BCUT2D eigenvalue weighted by Crippen LogP contribution is 2.32. The van der Waals surface area contributed by atoms with Crippen molar-refractivity contribution in [1.82, 2.24) is 0 Å². The van der Waals surface area contributed by atoms with E-state index in [1.54, 1.807) is 0 Å². The molecule has 7 heteroatoms. The molecule has 0 aromatic heterocycles. The highest BCUT2D eigenvalue weighted by Gasteiger charge is 2.26. The van der Waals surface area contributed by atoms with Crippen molar-refractivity contribution in [3.63, 3.8) is 0 Å². The fourth-order valence-electron chi connectivity index (χ4n) is 1.95. The van der Waals surface area contributed by atoms with Gasteiger partial charge in [0.2, 0.25) is 5.78 Å². The van der Waals surface area contributed by atoms with Gasteiger partial charge in [0, 0.05) is 6.07 Å². The number of hydrogen-bond donors (Lipinski definition) is 3. The summed E-state index contributed by atoms with van der Waals surface area (Å²) in [7, 11) is 0. The molecule has 0 unspecified atom stereocenters. The number of para-hydroxylation sites is 1. The summed E-state index contributed by atoms with van der Waals surface area (Å²) in [6.07, 6.45) is 0. The van der Waals surface area contributed by atoms with Crippen LogP contribution in [0.25, 0.3) is 0 Å². The van der Waals surface area contributed by atoms with Crippen LogP contribution in [0.2, 0.25) is 0 Å². The molecule has 0 spiro atoms. The predicted octanol–water partition coefficient (Wildman–Crippen LogP) is 1.56. The number of carbonyl (C=O) groups is 3. The summed E-state index contributed by atoms with van der Waals surface area (Å²) in [6, 6.07) is 7.31. The van der Waals surface area contributed by atoms with Crippen LogP contribution in [-0.4, -0.2) is 33.5 Å². The predicted molar refractivity (Wildman–Crippen MR) is 73.3 cm³/mol. The second kappa shape index (κ2) is 5.96.